The molecule has 0 saturated carbocycles. The van der Waals surface area contributed by atoms with Gasteiger partial charge in [-0.3, -0.25) is 4.57 Å². The minimum absolute atomic E-state index is 0.377. The molecule has 1 aromatic heterocycles. The van der Waals surface area contributed by atoms with Crippen molar-refractivity contribution in [3.63, 3.8) is 0 Å². The molecule has 0 radical (unpaired) electrons. The molecule has 2 aromatic carbocycles. The number of allylic oxidation sites excluding steroid dienone is 2. The molecule has 0 amide bonds. The van der Waals surface area contributed by atoms with Gasteiger partial charge in [-0.25, -0.2) is 0 Å². The lowest BCUT2D eigenvalue weighted by Gasteiger charge is -2.32. The molecule has 4 heteroatoms. The van der Waals surface area contributed by atoms with Gasteiger partial charge in [0, 0.05) is 11.5 Å². The molecule has 0 spiro atoms. The van der Waals surface area contributed by atoms with Crippen molar-refractivity contribution >= 4 is 29.6 Å². The Bertz CT molecular complexity index is 1200. The molecule has 2 aliphatic rings. The predicted molar refractivity (Wildman–Crippen MR) is 114 cm³/mol. The molecule has 138 valence electrons. The maximum atomic E-state index is 6.37. The Morgan fingerprint density at radius 3 is 2.21 bits per heavy atom. The molecular weight excluding hydrogens is 345 g/mol. The number of benzene rings is 2. The summed E-state index contributed by atoms with van der Waals surface area (Å²) in [5.41, 5.74) is 2.58. The van der Waals surface area contributed by atoms with Crippen LogP contribution in [0, 0.1) is 6.08 Å². The molecule has 3 nitrogen and oxygen atoms in total. The van der Waals surface area contributed by atoms with Crippen LogP contribution in [-0.4, -0.2) is 22.9 Å². The quantitative estimate of drug-likeness (QED) is 0.510. The number of hydrogen-bond donors (Lipinski definition) is 0. The van der Waals surface area contributed by atoms with Crippen molar-refractivity contribution in [2.24, 2.45) is 0 Å². The summed E-state index contributed by atoms with van der Waals surface area (Å²) in [6, 6.07) is 18.9. The summed E-state index contributed by atoms with van der Waals surface area (Å²) in [6.45, 7) is 8.35. The summed E-state index contributed by atoms with van der Waals surface area (Å²) in [5, 5.41) is 3.47. The number of hydrogen-bond acceptors (Lipinski definition) is 2. The molecule has 1 saturated heterocycles. The second kappa shape index (κ2) is 5.92. The Kier molecular flexibility index (Phi) is 3.69. The zero-order valence-corrected chi connectivity index (χ0v) is 16.7. The third kappa shape index (κ3) is 2.43. The van der Waals surface area contributed by atoms with Crippen LogP contribution in [0.1, 0.15) is 27.7 Å². The monoisotopic (exact) mass is 368 g/mol. The lowest BCUT2D eigenvalue weighted by molar-refractivity contribution is 0.00578. The van der Waals surface area contributed by atoms with Crippen molar-refractivity contribution < 1.29 is 9.31 Å². The number of rotatable bonds is 2. The third-order valence-electron chi connectivity index (χ3n) is 6.18. The lowest BCUT2D eigenvalue weighted by Crippen LogP contribution is -2.41. The second-order valence-corrected chi connectivity index (χ2v) is 8.45. The Morgan fingerprint density at radius 1 is 0.857 bits per heavy atom. The number of nitrogens with zero attached hydrogens (tertiary/aromatic N) is 1. The lowest BCUT2D eigenvalue weighted by atomic mass is 9.75. The van der Waals surface area contributed by atoms with Gasteiger partial charge in [0.05, 0.1) is 34.0 Å². The number of fused-ring (bicyclic) bond motifs is 3. The minimum Gasteiger partial charge on any atom is -0.387 e. The summed E-state index contributed by atoms with van der Waals surface area (Å²) < 4.78 is 15.0. The molecule has 2 heterocycles. The highest BCUT2D eigenvalue weighted by Gasteiger charge is 2.55. The van der Waals surface area contributed by atoms with Gasteiger partial charge in [0.2, 0.25) is 0 Å². The van der Waals surface area contributed by atoms with Crippen LogP contribution < -0.4 is 10.6 Å². The first-order chi connectivity index (χ1) is 13.4. The Labute approximate surface area is 165 Å². The highest BCUT2D eigenvalue weighted by atomic mass is 16.7. The van der Waals surface area contributed by atoms with Gasteiger partial charge in [0.15, 0.2) is 5.35 Å². The zero-order valence-electron chi connectivity index (χ0n) is 16.7. The van der Waals surface area contributed by atoms with Crippen molar-refractivity contribution in [1.82, 2.24) is 4.57 Å². The van der Waals surface area contributed by atoms with E-state index >= 15 is 0 Å². The Balaban J connectivity index is 1.84. The smallest absolute Gasteiger partial charge is 0.387 e. The van der Waals surface area contributed by atoms with Crippen LogP contribution in [0.25, 0.3) is 28.1 Å². The standard InChI is InChI=1S/C24H23BNO2/c1-23(2)24(3,4)28-25(27-23)19-14-10-16-21-22(19)18-13-8-9-15-20(18)26(21)17-11-6-5-7-12-17/h5-9,11-16H,1-4H3/q+1. The molecule has 0 atom stereocenters. The first-order valence-electron chi connectivity index (χ1n) is 9.73. The summed E-state index contributed by atoms with van der Waals surface area (Å²) in [7, 11) is -0.417. The van der Waals surface area contributed by atoms with Crippen molar-refractivity contribution in [2.75, 3.05) is 0 Å². The van der Waals surface area contributed by atoms with E-state index in [1.54, 1.807) is 0 Å². The summed E-state index contributed by atoms with van der Waals surface area (Å²) in [4.78, 5) is 0. The summed E-state index contributed by atoms with van der Waals surface area (Å²) >= 11 is 0. The Morgan fingerprint density at radius 2 is 1.50 bits per heavy atom. The molecule has 0 bridgehead atoms. The molecule has 1 fully saturated rings. The second-order valence-electron chi connectivity index (χ2n) is 8.45. The number of para-hydroxylation sites is 2. The molecule has 3 aromatic rings. The Hall–Kier alpha value is -2.65. The van der Waals surface area contributed by atoms with Gasteiger partial charge in [-0.2, -0.15) is 0 Å². The average molecular weight is 368 g/mol. The van der Waals surface area contributed by atoms with E-state index in [0.717, 1.165) is 21.7 Å². The highest BCUT2D eigenvalue weighted by molar-refractivity contribution is 6.68. The van der Waals surface area contributed by atoms with Gasteiger partial charge >= 0.3 is 7.12 Å². The van der Waals surface area contributed by atoms with Crippen molar-refractivity contribution in [3.8, 4) is 5.69 Å². The van der Waals surface area contributed by atoms with E-state index in [-0.39, 0.29) is 11.2 Å². The van der Waals surface area contributed by atoms with Crippen molar-refractivity contribution in [1.29, 1.82) is 0 Å². The van der Waals surface area contributed by atoms with Crippen LogP contribution in [0.2, 0.25) is 0 Å². The fourth-order valence-corrected chi connectivity index (χ4v) is 3.99. The zero-order chi connectivity index (χ0) is 19.5. The van der Waals surface area contributed by atoms with Gasteiger partial charge < -0.3 is 9.31 Å². The summed E-state index contributed by atoms with van der Waals surface area (Å²) in [6.07, 6.45) is 7.38. The maximum Gasteiger partial charge on any atom is 0.576 e. The average Bonchev–Trinajstić information content (AvgIpc) is 3.13. The first-order valence-corrected chi connectivity index (χ1v) is 9.73. The van der Waals surface area contributed by atoms with Crippen LogP contribution in [0.5, 0.6) is 0 Å². The van der Waals surface area contributed by atoms with Gasteiger partial charge in [0.25, 0.3) is 0 Å². The topological polar surface area (TPSA) is 23.4 Å². The van der Waals surface area contributed by atoms with Gasteiger partial charge in [0.1, 0.15) is 11.3 Å². The molecule has 1 aliphatic heterocycles. The highest BCUT2D eigenvalue weighted by Crippen LogP contribution is 2.39. The molecule has 5 rings (SSSR count). The molecule has 1 aliphatic carbocycles. The van der Waals surface area contributed by atoms with Crippen LogP contribution in [0.4, 0.5) is 0 Å². The first kappa shape index (κ1) is 17.5. The minimum atomic E-state index is -0.417. The van der Waals surface area contributed by atoms with E-state index in [1.165, 1.54) is 10.9 Å². The SMILES string of the molecule is CC1(C)OB(C2=c3c(n(-c4ccccc4)c4ccccc34)=C[C+]=C2)OC1(C)C. The largest absolute Gasteiger partial charge is 0.576 e. The van der Waals surface area contributed by atoms with Crippen LogP contribution in [-0.2, 0) is 9.31 Å². The summed E-state index contributed by atoms with van der Waals surface area (Å²) in [5.74, 6) is 0. The van der Waals surface area contributed by atoms with E-state index in [1.807, 2.05) is 12.1 Å². The van der Waals surface area contributed by atoms with Crippen LogP contribution in [0.3, 0.4) is 0 Å². The van der Waals surface area contributed by atoms with Crippen LogP contribution in [0.15, 0.2) is 60.7 Å². The molecule has 28 heavy (non-hydrogen) atoms. The van der Waals surface area contributed by atoms with Crippen molar-refractivity contribution in [2.45, 2.75) is 38.9 Å². The maximum absolute atomic E-state index is 6.37. The van der Waals surface area contributed by atoms with Gasteiger partial charge in [-0.15, -0.1) is 0 Å². The molecule has 0 N–H and O–H groups in total. The van der Waals surface area contributed by atoms with E-state index in [9.17, 15) is 0 Å². The fourth-order valence-electron chi connectivity index (χ4n) is 3.99. The molecular formula is C24H23BNO2+. The predicted octanol–water partition coefficient (Wildman–Crippen LogP) is 3.57. The van der Waals surface area contributed by atoms with E-state index in [2.05, 4.69) is 92.9 Å². The van der Waals surface area contributed by atoms with E-state index < -0.39 is 7.12 Å². The number of aromatic nitrogens is 1. The normalized spacial score (nSPS) is 19.4. The van der Waals surface area contributed by atoms with Gasteiger partial charge in [-0.1, -0.05) is 30.3 Å². The van der Waals surface area contributed by atoms with Gasteiger partial charge in [-0.05, 0) is 52.0 Å². The van der Waals surface area contributed by atoms with Crippen molar-refractivity contribution in [3.05, 3.63) is 77.3 Å². The van der Waals surface area contributed by atoms with E-state index in [4.69, 9.17) is 9.31 Å². The van der Waals surface area contributed by atoms with Crippen LogP contribution >= 0.6 is 0 Å². The van der Waals surface area contributed by atoms with E-state index in [0.29, 0.717) is 0 Å². The third-order valence-corrected chi connectivity index (χ3v) is 6.18. The molecule has 0 unspecified atom stereocenters. The fraction of sp³-hybridized carbons (Fsp3) is 0.250.